The summed E-state index contributed by atoms with van der Waals surface area (Å²) >= 11 is 5.34. The molecule has 0 saturated heterocycles. The highest BCUT2D eigenvalue weighted by atomic mass is 79.9. The molecule has 0 fully saturated rings. The molecule has 0 aliphatic heterocycles. The number of nitrogens with one attached hydrogen (secondary N) is 1. The fraction of sp³-hybridized carbons (Fsp3) is 0.250. The van der Waals surface area contributed by atoms with Crippen molar-refractivity contribution in [3.63, 3.8) is 0 Å². The number of hydrogen-bond donors (Lipinski definition) is 1. The zero-order valence-electron chi connectivity index (χ0n) is 11.2. The Morgan fingerprint density at radius 1 is 1.16 bits per heavy atom. The van der Waals surface area contributed by atoms with Crippen LogP contribution in [0.5, 0.6) is 0 Å². The molecular weight excluding hydrogens is 318 g/mol. The lowest BCUT2D eigenvalue weighted by Crippen LogP contribution is -2.11. The molecule has 0 saturated carbocycles. The summed E-state index contributed by atoms with van der Waals surface area (Å²) in [5.74, 6) is 1.00. The van der Waals surface area contributed by atoms with Gasteiger partial charge in [0.1, 0.15) is 0 Å². The SMILES string of the molecule is CNC(C)c1cccc(SCc2ccc(Br)cc2)c1. The molecule has 19 heavy (non-hydrogen) atoms. The molecular formula is C16H18BrNS. The van der Waals surface area contributed by atoms with Crippen LogP contribution in [0.2, 0.25) is 0 Å². The van der Waals surface area contributed by atoms with Crippen molar-refractivity contribution in [1.29, 1.82) is 0 Å². The molecule has 0 radical (unpaired) electrons. The summed E-state index contributed by atoms with van der Waals surface area (Å²) in [6.45, 7) is 2.18. The summed E-state index contributed by atoms with van der Waals surface area (Å²) in [5, 5.41) is 3.27. The lowest BCUT2D eigenvalue weighted by atomic mass is 10.1. The molecule has 3 heteroatoms. The van der Waals surface area contributed by atoms with Crippen LogP contribution in [0.4, 0.5) is 0 Å². The van der Waals surface area contributed by atoms with Gasteiger partial charge in [-0.15, -0.1) is 11.8 Å². The molecule has 0 bridgehead atoms. The van der Waals surface area contributed by atoms with Crippen molar-refractivity contribution in [2.75, 3.05) is 7.05 Å². The first-order valence-corrected chi connectivity index (χ1v) is 8.11. The van der Waals surface area contributed by atoms with E-state index in [2.05, 4.69) is 76.7 Å². The number of benzene rings is 2. The van der Waals surface area contributed by atoms with Crippen LogP contribution in [0.1, 0.15) is 24.1 Å². The van der Waals surface area contributed by atoms with Crippen molar-refractivity contribution in [3.8, 4) is 0 Å². The van der Waals surface area contributed by atoms with Crippen LogP contribution in [-0.2, 0) is 5.75 Å². The van der Waals surface area contributed by atoms with Gasteiger partial charge in [-0.05, 0) is 49.4 Å². The smallest absolute Gasteiger partial charge is 0.0289 e. The molecule has 0 spiro atoms. The van der Waals surface area contributed by atoms with E-state index in [1.807, 2.05) is 18.8 Å². The molecule has 1 unspecified atom stereocenters. The van der Waals surface area contributed by atoms with E-state index in [-0.39, 0.29) is 0 Å². The second-order valence-electron chi connectivity index (χ2n) is 4.50. The van der Waals surface area contributed by atoms with E-state index in [1.165, 1.54) is 16.0 Å². The van der Waals surface area contributed by atoms with Gasteiger partial charge in [0.2, 0.25) is 0 Å². The van der Waals surface area contributed by atoms with Crippen molar-refractivity contribution < 1.29 is 0 Å². The Kier molecular flexibility index (Phi) is 5.49. The molecule has 2 aromatic carbocycles. The van der Waals surface area contributed by atoms with Crippen LogP contribution < -0.4 is 5.32 Å². The van der Waals surface area contributed by atoms with Crippen LogP contribution in [0.3, 0.4) is 0 Å². The van der Waals surface area contributed by atoms with Gasteiger partial charge in [0.15, 0.2) is 0 Å². The lowest BCUT2D eigenvalue weighted by Gasteiger charge is -2.11. The molecule has 0 aliphatic carbocycles. The van der Waals surface area contributed by atoms with Gasteiger partial charge in [-0.25, -0.2) is 0 Å². The number of halogens is 1. The highest BCUT2D eigenvalue weighted by Gasteiger charge is 2.03. The quantitative estimate of drug-likeness (QED) is 0.769. The minimum atomic E-state index is 0.397. The van der Waals surface area contributed by atoms with Gasteiger partial charge < -0.3 is 5.32 Å². The first-order chi connectivity index (χ1) is 9.19. The standard InChI is InChI=1S/C16H18BrNS/c1-12(18-2)14-4-3-5-16(10-14)19-11-13-6-8-15(17)9-7-13/h3-10,12,18H,11H2,1-2H3. The number of hydrogen-bond acceptors (Lipinski definition) is 2. The maximum Gasteiger partial charge on any atom is 0.0289 e. The van der Waals surface area contributed by atoms with Crippen molar-refractivity contribution in [1.82, 2.24) is 5.32 Å². The molecule has 0 aliphatic rings. The third-order valence-corrected chi connectivity index (χ3v) is 4.70. The van der Waals surface area contributed by atoms with E-state index in [9.17, 15) is 0 Å². The maximum absolute atomic E-state index is 3.46. The summed E-state index contributed by atoms with van der Waals surface area (Å²) in [5.41, 5.74) is 2.68. The molecule has 2 aromatic rings. The van der Waals surface area contributed by atoms with Gasteiger partial charge in [-0.2, -0.15) is 0 Å². The first kappa shape index (κ1) is 14.6. The Morgan fingerprint density at radius 2 is 1.89 bits per heavy atom. The zero-order chi connectivity index (χ0) is 13.7. The fourth-order valence-electron chi connectivity index (χ4n) is 1.79. The zero-order valence-corrected chi connectivity index (χ0v) is 13.6. The summed E-state index contributed by atoms with van der Waals surface area (Å²) in [6.07, 6.45) is 0. The average Bonchev–Trinajstić information content (AvgIpc) is 2.46. The predicted molar refractivity (Wildman–Crippen MR) is 87.6 cm³/mol. The van der Waals surface area contributed by atoms with Gasteiger partial charge in [-0.1, -0.05) is 40.2 Å². The minimum absolute atomic E-state index is 0.397. The van der Waals surface area contributed by atoms with Crippen LogP contribution in [-0.4, -0.2) is 7.05 Å². The average molecular weight is 336 g/mol. The lowest BCUT2D eigenvalue weighted by molar-refractivity contribution is 0.651. The topological polar surface area (TPSA) is 12.0 Å². The monoisotopic (exact) mass is 335 g/mol. The van der Waals surface area contributed by atoms with E-state index in [0.717, 1.165) is 10.2 Å². The van der Waals surface area contributed by atoms with E-state index >= 15 is 0 Å². The number of rotatable bonds is 5. The van der Waals surface area contributed by atoms with Gasteiger partial charge in [-0.3, -0.25) is 0 Å². The highest BCUT2D eigenvalue weighted by Crippen LogP contribution is 2.26. The highest BCUT2D eigenvalue weighted by molar-refractivity contribution is 9.10. The first-order valence-electron chi connectivity index (χ1n) is 6.33. The molecule has 1 atom stereocenters. The third kappa shape index (κ3) is 4.37. The Hall–Kier alpha value is -0.770. The fourth-order valence-corrected chi connectivity index (χ4v) is 2.97. The van der Waals surface area contributed by atoms with Crippen LogP contribution in [0.25, 0.3) is 0 Å². The molecule has 0 amide bonds. The van der Waals surface area contributed by atoms with Crippen molar-refractivity contribution in [2.24, 2.45) is 0 Å². The van der Waals surface area contributed by atoms with Gasteiger partial charge in [0.25, 0.3) is 0 Å². The van der Waals surface area contributed by atoms with Crippen molar-refractivity contribution in [3.05, 3.63) is 64.1 Å². The Labute approximate surface area is 127 Å². The Balaban J connectivity index is 2.01. The predicted octanol–water partition coefficient (Wildman–Crippen LogP) is 5.02. The number of thioether (sulfide) groups is 1. The summed E-state index contributed by atoms with van der Waals surface area (Å²) in [7, 11) is 1.99. The van der Waals surface area contributed by atoms with Crippen LogP contribution in [0.15, 0.2) is 57.9 Å². The van der Waals surface area contributed by atoms with Crippen LogP contribution >= 0.6 is 27.7 Å². The van der Waals surface area contributed by atoms with Gasteiger partial charge in [0.05, 0.1) is 0 Å². The van der Waals surface area contributed by atoms with E-state index in [0.29, 0.717) is 6.04 Å². The van der Waals surface area contributed by atoms with E-state index < -0.39 is 0 Å². The molecule has 100 valence electrons. The van der Waals surface area contributed by atoms with E-state index in [1.54, 1.807) is 0 Å². The third-order valence-electron chi connectivity index (χ3n) is 3.11. The summed E-state index contributed by atoms with van der Waals surface area (Å²) in [6, 6.07) is 17.7. The minimum Gasteiger partial charge on any atom is -0.313 e. The van der Waals surface area contributed by atoms with Crippen molar-refractivity contribution >= 4 is 27.7 Å². The Bertz CT molecular complexity index is 525. The Morgan fingerprint density at radius 3 is 2.58 bits per heavy atom. The molecule has 1 nitrogen and oxygen atoms in total. The molecule has 0 aromatic heterocycles. The molecule has 1 N–H and O–H groups in total. The second kappa shape index (κ2) is 7.13. The summed E-state index contributed by atoms with van der Waals surface area (Å²) in [4.78, 5) is 1.32. The second-order valence-corrected chi connectivity index (χ2v) is 6.46. The van der Waals surface area contributed by atoms with Crippen LogP contribution in [0, 0.1) is 0 Å². The summed E-state index contributed by atoms with van der Waals surface area (Å²) < 4.78 is 1.13. The van der Waals surface area contributed by atoms with Gasteiger partial charge in [0, 0.05) is 21.2 Å². The normalized spacial score (nSPS) is 12.4. The molecule has 2 rings (SSSR count). The van der Waals surface area contributed by atoms with Crippen molar-refractivity contribution in [2.45, 2.75) is 23.6 Å². The largest absolute Gasteiger partial charge is 0.313 e. The van der Waals surface area contributed by atoms with Gasteiger partial charge >= 0.3 is 0 Å². The maximum atomic E-state index is 3.46. The molecule has 0 heterocycles. The van der Waals surface area contributed by atoms with E-state index in [4.69, 9.17) is 0 Å².